The minimum absolute atomic E-state index is 0.199. The first-order valence-electron chi connectivity index (χ1n) is 5.91. The number of aryl methyl sites for hydroxylation is 1. The summed E-state index contributed by atoms with van der Waals surface area (Å²) >= 11 is 0. The van der Waals surface area contributed by atoms with E-state index in [2.05, 4.69) is 15.5 Å². The Labute approximate surface area is 111 Å². The third-order valence-electron chi connectivity index (χ3n) is 2.54. The third kappa shape index (κ3) is 3.31. The normalized spacial score (nSPS) is 10.3. The lowest BCUT2D eigenvalue weighted by Gasteiger charge is -2.09. The fourth-order valence-corrected chi connectivity index (χ4v) is 1.54. The van der Waals surface area contributed by atoms with Crippen LogP contribution in [-0.2, 0) is 6.54 Å². The van der Waals surface area contributed by atoms with Gasteiger partial charge in [-0.15, -0.1) is 0 Å². The van der Waals surface area contributed by atoms with Crippen molar-refractivity contribution in [3.05, 3.63) is 35.7 Å². The molecule has 100 valence electrons. The molecule has 0 unspecified atom stereocenters. The highest BCUT2D eigenvalue weighted by molar-refractivity contribution is 5.73. The van der Waals surface area contributed by atoms with Gasteiger partial charge in [0.25, 0.3) is 0 Å². The van der Waals surface area contributed by atoms with Gasteiger partial charge in [-0.2, -0.15) is 4.98 Å². The van der Waals surface area contributed by atoms with E-state index in [0.717, 1.165) is 11.1 Å². The Hall–Kier alpha value is -2.37. The van der Waals surface area contributed by atoms with E-state index in [1.54, 1.807) is 14.1 Å². The predicted octanol–water partition coefficient (Wildman–Crippen LogP) is 1.82. The molecule has 0 saturated heterocycles. The van der Waals surface area contributed by atoms with Gasteiger partial charge in [-0.3, -0.25) is 0 Å². The summed E-state index contributed by atoms with van der Waals surface area (Å²) in [7, 11) is 3.34. The van der Waals surface area contributed by atoms with Gasteiger partial charge in [0.15, 0.2) is 0 Å². The standard InChI is InChI=1S/C13H16N4O2/c1-9-5-4-6-10(7-9)12-15-11(19-16-12)8-14-13(18)17(2)3/h4-7H,8H2,1-3H3,(H,14,18). The summed E-state index contributed by atoms with van der Waals surface area (Å²) in [6.45, 7) is 2.22. The summed E-state index contributed by atoms with van der Waals surface area (Å²) < 4.78 is 5.09. The van der Waals surface area contributed by atoms with E-state index in [1.807, 2.05) is 31.2 Å². The van der Waals surface area contributed by atoms with Crippen molar-refractivity contribution in [3.8, 4) is 11.4 Å². The number of hydrogen-bond donors (Lipinski definition) is 1. The second kappa shape index (κ2) is 5.51. The quantitative estimate of drug-likeness (QED) is 0.913. The molecule has 2 rings (SSSR count). The first kappa shape index (κ1) is 13.1. The number of carbonyl (C=O) groups excluding carboxylic acids is 1. The van der Waals surface area contributed by atoms with Crippen LogP contribution in [0, 0.1) is 6.92 Å². The van der Waals surface area contributed by atoms with E-state index >= 15 is 0 Å². The van der Waals surface area contributed by atoms with Crippen molar-refractivity contribution in [1.29, 1.82) is 0 Å². The van der Waals surface area contributed by atoms with Crippen LogP contribution in [0.3, 0.4) is 0 Å². The van der Waals surface area contributed by atoms with Crippen LogP contribution in [0.4, 0.5) is 4.79 Å². The highest BCUT2D eigenvalue weighted by Crippen LogP contribution is 2.16. The van der Waals surface area contributed by atoms with E-state index in [0.29, 0.717) is 11.7 Å². The molecule has 2 amide bonds. The molecule has 19 heavy (non-hydrogen) atoms. The number of rotatable bonds is 3. The number of aromatic nitrogens is 2. The van der Waals surface area contributed by atoms with Gasteiger partial charge >= 0.3 is 6.03 Å². The van der Waals surface area contributed by atoms with E-state index in [4.69, 9.17) is 4.52 Å². The fourth-order valence-electron chi connectivity index (χ4n) is 1.54. The Kier molecular flexibility index (Phi) is 3.79. The Morgan fingerprint density at radius 1 is 1.42 bits per heavy atom. The molecule has 2 aromatic rings. The summed E-state index contributed by atoms with van der Waals surface area (Å²) in [5.41, 5.74) is 2.03. The van der Waals surface area contributed by atoms with Gasteiger partial charge in [0.1, 0.15) is 0 Å². The number of amides is 2. The number of urea groups is 1. The first-order valence-corrected chi connectivity index (χ1v) is 5.91. The average Bonchev–Trinajstić information content (AvgIpc) is 2.84. The lowest BCUT2D eigenvalue weighted by atomic mass is 10.1. The van der Waals surface area contributed by atoms with Gasteiger partial charge in [0, 0.05) is 19.7 Å². The van der Waals surface area contributed by atoms with Gasteiger partial charge in [-0.05, 0) is 13.0 Å². The first-order chi connectivity index (χ1) is 9.06. The van der Waals surface area contributed by atoms with E-state index in [1.165, 1.54) is 4.90 Å². The van der Waals surface area contributed by atoms with Crippen molar-refractivity contribution in [3.63, 3.8) is 0 Å². The lowest BCUT2D eigenvalue weighted by molar-refractivity contribution is 0.215. The van der Waals surface area contributed by atoms with Crippen molar-refractivity contribution >= 4 is 6.03 Å². The van der Waals surface area contributed by atoms with Crippen LogP contribution in [0.1, 0.15) is 11.5 Å². The molecule has 0 aliphatic heterocycles. The Balaban J connectivity index is 2.05. The summed E-state index contributed by atoms with van der Waals surface area (Å²) in [4.78, 5) is 17.0. The summed E-state index contributed by atoms with van der Waals surface area (Å²) in [5, 5.41) is 6.56. The molecule has 0 spiro atoms. The van der Waals surface area contributed by atoms with E-state index in [-0.39, 0.29) is 12.6 Å². The van der Waals surface area contributed by atoms with Gasteiger partial charge in [-0.1, -0.05) is 28.9 Å². The SMILES string of the molecule is Cc1cccc(-c2noc(CNC(=O)N(C)C)n2)c1. The van der Waals surface area contributed by atoms with Crippen LogP contribution in [0.5, 0.6) is 0 Å². The maximum atomic E-state index is 11.4. The number of hydrogen-bond acceptors (Lipinski definition) is 4. The zero-order chi connectivity index (χ0) is 13.8. The van der Waals surface area contributed by atoms with Gasteiger partial charge in [0.2, 0.25) is 11.7 Å². The smallest absolute Gasteiger partial charge is 0.317 e. The molecule has 1 aromatic heterocycles. The molecule has 0 fully saturated rings. The van der Waals surface area contributed by atoms with Crippen LogP contribution in [0.15, 0.2) is 28.8 Å². The zero-order valence-corrected chi connectivity index (χ0v) is 11.2. The largest absolute Gasteiger partial charge is 0.337 e. The second-order valence-corrected chi connectivity index (χ2v) is 4.43. The molecule has 1 aromatic carbocycles. The molecule has 0 bridgehead atoms. The topological polar surface area (TPSA) is 71.3 Å². The molecule has 0 aliphatic carbocycles. The van der Waals surface area contributed by atoms with E-state index in [9.17, 15) is 4.79 Å². The molecule has 1 heterocycles. The van der Waals surface area contributed by atoms with Crippen LogP contribution in [0.2, 0.25) is 0 Å². The van der Waals surface area contributed by atoms with Crippen LogP contribution >= 0.6 is 0 Å². The Morgan fingerprint density at radius 3 is 2.89 bits per heavy atom. The van der Waals surface area contributed by atoms with Crippen molar-refractivity contribution in [1.82, 2.24) is 20.4 Å². The number of benzene rings is 1. The number of nitrogens with zero attached hydrogens (tertiary/aromatic N) is 3. The monoisotopic (exact) mass is 260 g/mol. The maximum Gasteiger partial charge on any atom is 0.317 e. The summed E-state index contributed by atoms with van der Waals surface area (Å²) in [6.07, 6.45) is 0. The van der Waals surface area contributed by atoms with E-state index < -0.39 is 0 Å². The fraction of sp³-hybridized carbons (Fsp3) is 0.308. The Morgan fingerprint density at radius 2 is 2.21 bits per heavy atom. The molecule has 6 nitrogen and oxygen atoms in total. The molecule has 0 aliphatic rings. The lowest BCUT2D eigenvalue weighted by Crippen LogP contribution is -2.33. The van der Waals surface area contributed by atoms with Gasteiger partial charge < -0.3 is 14.7 Å². The highest BCUT2D eigenvalue weighted by Gasteiger charge is 2.10. The summed E-state index contributed by atoms with van der Waals surface area (Å²) in [5.74, 6) is 0.907. The van der Waals surface area contributed by atoms with Crippen LogP contribution in [-0.4, -0.2) is 35.2 Å². The Bertz CT molecular complexity index is 578. The van der Waals surface area contributed by atoms with Crippen molar-refractivity contribution < 1.29 is 9.32 Å². The average molecular weight is 260 g/mol. The van der Waals surface area contributed by atoms with Gasteiger partial charge in [0.05, 0.1) is 6.54 Å². The van der Waals surface area contributed by atoms with Crippen molar-refractivity contribution in [2.45, 2.75) is 13.5 Å². The molecule has 0 atom stereocenters. The van der Waals surface area contributed by atoms with Gasteiger partial charge in [-0.25, -0.2) is 4.79 Å². The number of carbonyl (C=O) groups is 1. The zero-order valence-electron chi connectivity index (χ0n) is 11.2. The molecular weight excluding hydrogens is 244 g/mol. The van der Waals surface area contributed by atoms with Crippen LogP contribution in [0.25, 0.3) is 11.4 Å². The van der Waals surface area contributed by atoms with Crippen LogP contribution < -0.4 is 5.32 Å². The molecule has 0 saturated carbocycles. The second-order valence-electron chi connectivity index (χ2n) is 4.43. The maximum absolute atomic E-state index is 11.4. The molecular formula is C13H16N4O2. The molecule has 1 N–H and O–H groups in total. The molecule has 6 heteroatoms. The summed E-state index contributed by atoms with van der Waals surface area (Å²) in [6, 6.07) is 7.64. The van der Waals surface area contributed by atoms with Crippen molar-refractivity contribution in [2.24, 2.45) is 0 Å². The van der Waals surface area contributed by atoms with Crippen molar-refractivity contribution in [2.75, 3.05) is 14.1 Å². The minimum atomic E-state index is -0.199. The molecule has 0 radical (unpaired) electrons. The number of nitrogens with one attached hydrogen (secondary N) is 1. The third-order valence-corrected chi connectivity index (χ3v) is 2.54. The minimum Gasteiger partial charge on any atom is -0.337 e. The highest BCUT2D eigenvalue weighted by atomic mass is 16.5. The predicted molar refractivity (Wildman–Crippen MR) is 70.4 cm³/mol.